The van der Waals surface area contributed by atoms with Crippen molar-refractivity contribution >= 4 is 22.8 Å². The molecule has 0 aliphatic rings. The average molecular weight is 315 g/mol. The minimum Gasteiger partial charge on any atom is -0.398 e. The zero-order valence-electron chi connectivity index (χ0n) is 12.1. The Balaban J connectivity index is 2.48. The fourth-order valence-corrected chi connectivity index (χ4v) is 2.24. The first-order valence-electron chi connectivity index (χ1n) is 6.63. The van der Waals surface area contributed by atoms with Crippen molar-refractivity contribution in [1.29, 1.82) is 0 Å². The molecule has 0 aliphatic carbocycles. The number of nitrogens with zero attached hydrogens (tertiary/aromatic N) is 2. The van der Waals surface area contributed by atoms with Gasteiger partial charge in [0.2, 0.25) is 0 Å². The fraction of sp³-hybridized carbons (Fsp3) is 0.133. The maximum atomic E-state index is 12.5. The number of anilines is 1. The first-order valence-corrected chi connectivity index (χ1v) is 6.63. The molecule has 2 rings (SSSR count). The number of nitro groups is 2. The summed E-state index contributed by atoms with van der Waals surface area (Å²) in [5.74, 6) is -1.16. The molecule has 8 nitrogen and oxygen atoms in total. The van der Waals surface area contributed by atoms with Crippen LogP contribution in [0.1, 0.15) is 28.8 Å². The molecule has 0 unspecified atom stereocenters. The molecular formula is C15H13N3O5. The molecule has 0 fully saturated rings. The normalized spacial score (nSPS) is 11.7. The molecule has 2 aromatic carbocycles. The topological polar surface area (TPSA) is 129 Å². The SMILES string of the molecule is C[C@@H](C(=O)c1cc([N+](=O)[O-])cc([N+](=O)[O-])c1)c1ccccc1N. The third-order valence-electron chi connectivity index (χ3n) is 3.46. The molecule has 0 bridgehead atoms. The summed E-state index contributed by atoms with van der Waals surface area (Å²) in [6, 6.07) is 9.62. The Morgan fingerprint density at radius 1 is 1.04 bits per heavy atom. The number of nitrogen functional groups attached to an aromatic ring is 1. The lowest BCUT2D eigenvalue weighted by molar-refractivity contribution is -0.394. The maximum absolute atomic E-state index is 12.5. The molecule has 0 saturated heterocycles. The van der Waals surface area contributed by atoms with E-state index in [0.717, 1.165) is 18.2 Å². The molecule has 0 aliphatic heterocycles. The molecule has 23 heavy (non-hydrogen) atoms. The fourth-order valence-electron chi connectivity index (χ4n) is 2.24. The van der Waals surface area contributed by atoms with E-state index >= 15 is 0 Å². The van der Waals surface area contributed by atoms with E-state index < -0.39 is 32.9 Å². The highest BCUT2D eigenvalue weighted by Gasteiger charge is 2.24. The third-order valence-corrected chi connectivity index (χ3v) is 3.46. The monoisotopic (exact) mass is 315 g/mol. The number of carbonyl (C=O) groups is 1. The predicted octanol–water partition coefficient (Wildman–Crippen LogP) is 3.07. The second-order valence-electron chi connectivity index (χ2n) is 4.97. The number of ketones is 1. The number of benzene rings is 2. The van der Waals surface area contributed by atoms with Crippen LogP contribution >= 0.6 is 0 Å². The second-order valence-corrected chi connectivity index (χ2v) is 4.97. The van der Waals surface area contributed by atoms with Crippen LogP contribution in [0.25, 0.3) is 0 Å². The van der Waals surface area contributed by atoms with Crippen LogP contribution in [0.15, 0.2) is 42.5 Å². The van der Waals surface area contributed by atoms with E-state index in [2.05, 4.69) is 0 Å². The van der Waals surface area contributed by atoms with Gasteiger partial charge in [0.25, 0.3) is 11.4 Å². The lowest BCUT2D eigenvalue weighted by atomic mass is 9.91. The van der Waals surface area contributed by atoms with Gasteiger partial charge < -0.3 is 5.73 Å². The quantitative estimate of drug-likeness (QED) is 0.390. The smallest absolute Gasteiger partial charge is 0.277 e. The van der Waals surface area contributed by atoms with Gasteiger partial charge in [-0.05, 0) is 11.6 Å². The van der Waals surface area contributed by atoms with Crippen LogP contribution in [0, 0.1) is 20.2 Å². The van der Waals surface area contributed by atoms with Gasteiger partial charge in [-0.3, -0.25) is 25.0 Å². The van der Waals surface area contributed by atoms with Crippen molar-refractivity contribution in [3.8, 4) is 0 Å². The average Bonchev–Trinajstić information content (AvgIpc) is 2.53. The standard InChI is InChI=1S/C15H13N3O5/c1-9(13-4-2-3-5-14(13)16)15(19)10-6-11(17(20)21)8-12(7-10)18(22)23/h2-9H,16H2,1H3/t9-/m1/s1. The van der Waals surface area contributed by atoms with Gasteiger partial charge in [0.05, 0.1) is 15.9 Å². The van der Waals surface area contributed by atoms with Gasteiger partial charge >= 0.3 is 0 Å². The third kappa shape index (κ3) is 3.31. The number of nitro benzene ring substituents is 2. The summed E-state index contributed by atoms with van der Waals surface area (Å²) in [5, 5.41) is 21.8. The lowest BCUT2D eigenvalue weighted by Crippen LogP contribution is -2.12. The number of carbonyl (C=O) groups excluding carboxylic acids is 1. The number of hydrogen-bond donors (Lipinski definition) is 1. The Morgan fingerprint density at radius 3 is 2.04 bits per heavy atom. The summed E-state index contributed by atoms with van der Waals surface area (Å²) in [5.41, 5.74) is 5.69. The van der Waals surface area contributed by atoms with Crippen molar-refractivity contribution in [2.75, 3.05) is 5.73 Å². The van der Waals surface area contributed by atoms with Crippen LogP contribution in [0.3, 0.4) is 0 Å². The van der Waals surface area contributed by atoms with Crippen LogP contribution in [-0.4, -0.2) is 15.6 Å². The molecule has 118 valence electrons. The molecule has 0 aromatic heterocycles. The zero-order valence-corrected chi connectivity index (χ0v) is 12.1. The first kappa shape index (κ1) is 16.1. The number of Topliss-reactive ketones (excluding diaryl/α,β-unsaturated/α-hetero) is 1. The van der Waals surface area contributed by atoms with Crippen molar-refractivity contribution < 1.29 is 14.6 Å². The maximum Gasteiger partial charge on any atom is 0.277 e. The molecule has 8 heteroatoms. The van der Waals surface area contributed by atoms with E-state index in [-0.39, 0.29) is 5.56 Å². The van der Waals surface area contributed by atoms with Gasteiger partial charge in [-0.15, -0.1) is 0 Å². The van der Waals surface area contributed by atoms with Crippen molar-refractivity contribution in [2.24, 2.45) is 0 Å². The van der Waals surface area contributed by atoms with Crippen LogP contribution in [0.5, 0.6) is 0 Å². The predicted molar refractivity (Wildman–Crippen MR) is 83.4 cm³/mol. The summed E-state index contributed by atoms with van der Waals surface area (Å²) in [4.78, 5) is 32.8. The minimum absolute atomic E-state index is 0.0957. The first-order chi connectivity index (χ1) is 10.8. The van der Waals surface area contributed by atoms with E-state index in [0.29, 0.717) is 11.3 Å². The van der Waals surface area contributed by atoms with Gasteiger partial charge in [-0.1, -0.05) is 25.1 Å². The summed E-state index contributed by atoms with van der Waals surface area (Å²) in [6.45, 7) is 1.60. The lowest BCUT2D eigenvalue weighted by Gasteiger charge is -2.13. The van der Waals surface area contributed by atoms with Gasteiger partial charge in [0.1, 0.15) is 0 Å². The van der Waals surface area contributed by atoms with Crippen molar-refractivity contribution in [2.45, 2.75) is 12.8 Å². The molecule has 0 amide bonds. The Hall–Kier alpha value is -3.29. The largest absolute Gasteiger partial charge is 0.398 e. The van der Waals surface area contributed by atoms with Crippen molar-refractivity contribution in [3.63, 3.8) is 0 Å². The molecule has 2 N–H and O–H groups in total. The molecule has 1 atom stereocenters. The summed E-state index contributed by atoms with van der Waals surface area (Å²) < 4.78 is 0. The van der Waals surface area contributed by atoms with Gasteiger partial charge in [0.15, 0.2) is 5.78 Å². The highest BCUT2D eigenvalue weighted by molar-refractivity contribution is 6.02. The second kappa shape index (κ2) is 6.22. The van der Waals surface area contributed by atoms with E-state index in [1.165, 1.54) is 0 Å². The van der Waals surface area contributed by atoms with Crippen molar-refractivity contribution in [3.05, 3.63) is 73.8 Å². The van der Waals surface area contributed by atoms with Crippen LogP contribution in [0.4, 0.5) is 17.1 Å². The van der Waals surface area contributed by atoms with Crippen LogP contribution < -0.4 is 5.73 Å². The Kier molecular flexibility index (Phi) is 4.35. The highest BCUT2D eigenvalue weighted by Crippen LogP contribution is 2.29. The minimum atomic E-state index is -0.772. The molecular weight excluding hydrogens is 302 g/mol. The number of para-hydroxylation sites is 1. The van der Waals surface area contributed by atoms with E-state index in [9.17, 15) is 25.0 Å². The molecule has 0 heterocycles. The summed E-state index contributed by atoms with van der Waals surface area (Å²) >= 11 is 0. The summed E-state index contributed by atoms with van der Waals surface area (Å²) in [6.07, 6.45) is 0. The molecule has 0 spiro atoms. The van der Waals surface area contributed by atoms with Gasteiger partial charge in [0, 0.05) is 29.3 Å². The number of hydrogen-bond acceptors (Lipinski definition) is 6. The van der Waals surface area contributed by atoms with Gasteiger partial charge in [-0.2, -0.15) is 0 Å². The molecule has 2 aromatic rings. The van der Waals surface area contributed by atoms with E-state index in [4.69, 9.17) is 5.73 Å². The number of rotatable bonds is 5. The van der Waals surface area contributed by atoms with Crippen molar-refractivity contribution in [1.82, 2.24) is 0 Å². The number of nitrogens with two attached hydrogens (primary N) is 1. The molecule has 0 radical (unpaired) electrons. The number of non-ortho nitro benzene ring substituents is 2. The Morgan fingerprint density at radius 2 is 1.57 bits per heavy atom. The molecule has 0 saturated carbocycles. The Bertz CT molecular complexity index is 771. The van der Waals surface area contributed by atoms with E-state index in [1.54, 1.807) is 31.2 Å². The zero-order chi connectivity index (χ0) is 17.1. The summed E-state index contributed by atoms with van der Waals surface area (Å²) in [7, 11) is 0. The highest BCUT2D eigenvalue weighted by atomic mass is 16.6. The Labute approximate surface area is 130 Å². The van der Waals surface area contributed by atoms with E-state index in [1.807, 2.05) is 0 Å². The van der Waals surface area contributed by atoms with Gasteiger partial charge in [-0.25, -0.2) is 0 Å². The van der Waals surface area contributed by atoms with Crippen LogP contribution in [-0.2, 0) is 0 Å². The van der Waals surface area contributed by atoms with Crippen LogP contribution in [0.2, 0.25) is 0 Å².